The summed E-state index contributed by atoms with van der Waals surface area (Å²) in [5.41, 5.74) is 2.13. The average molecular weight is 411 g/mol. The molecular weight excluding hydrogens is 396 g/mol. The first-order valence-corrected chi connectivity index (χ1v) is 9.41. The normalized spacial score (nSPS) is 20.7. The number of rotatable bonds is 3. The van der Waals surface area contributed by atoms with E-state index in [4.69, 9.17) is 12.2 Å². The van der Waals surface area contributed by atoms with Gasteiger partial charge in [-0.25, -0.2) is 0 Å². The molecule has 1 fully saturated rings. The summed E-state index contributed by atoms with van der Waals surface area (Å²) in [5, 5.41) is 0. The number of hydrogen-bond acceptors (Lipinski definition) is 4. The third kappa shape index (κ3) is 2.64. The molecule has 0 aromatic heterocycles. The van der Waals surface area contributed by atoms with Crippen molar-refractivity contribution in [2.45, 2.75) is 20.3 Å². The fraction of sp³-hybridized carbons (Fsp3) is 0.312. The molecule has 2 aliphatic heterocycles. The van der Waals surface area contributed by atoms with Crippen LogP contribution in [0.15, 0.2) is 27.6 Å². The fourth-order valence-electron chi connectivity index (χ4n) is 2.79. The van der Waals surface area contributed by atoms with Crippen LogP contribution in [0.2, 0.25) is 0 Å². The molecule has 0 N–H and O–H groups in total. The van der Waals surface area contributed by atoms with Crippen LogP contribution in [-0.4, -0.2) is 34.1 Å². The smallest absolute Gasteiger partial charge is 0.266 e. The van der Waals surface area contributed by atoms with Crippen molar-refractivity contribution in [3.8, 4) is 0 Å². The molecule has 0 bridgehead atoms. The van der Waals surface area contributed by atoms with Crippen molar-refractivity contribution in [2.75, 3.05) is 18.0 Å². The molecule has 2 heterocycles. The van der Waals surface area contributed by atoms with E-state index in [0.717, 1.165) is 22.1 Å². The van der Waals surface area contributed by atoms with E-state index in [-0.39, 0.29) is 11.8 Å². The van der Waals surface area contributed by atoms with Gasteiger partial charge in [-0.2, -0.15) is 0 Å². The summed E-state index contributed by atoms with van der Waals surface area (Å²) in [7, 11) is 0. The predicted molar refractivity (Wildman–Crippen MR) is 101 cm³/mol. The molecule has 1 saturated heterocycles. The van der Waals surface area contributed by atoms with E-state index >= 15 is 0 Å². The number of carbonyl (C=O) groups excluding carboxylic acids is 2. The van der Waals surface area contributed by atoms with Crippen LogP contribution in [-0.2, 0) is 9.59 Å². The first-order valence-electron chi connectivity index (χ1n) is 7.39. The summed E-state index contributed by atoms with van der Waals surface area (Å²) >= 11 is 9.95. The molecule has 1 aromatic carbocycles. The van der Waals surface area contributed by atoms with Crippen LogP contribution in [0.25, 0.3) is 5.57 Å². The Morgan fingerprint density at radius 1 is 1.17 bits per heavy atom. The summed E-state index contributed by atoms with van der Waals surface area (Å²) < 4.78 is 1.39. The van der Waals surface area contributed by atoms with Crippen molar-refractivity contribution >= 4 is 67.3 Å². The average Bonchev–Trinajstić information content (AvgIpc) is 2.93. The summed E-state index contributed by atoms with van der Waals surface area (Å²) in [4.78, 5) is 29.3. The monoisotopic (exact) mass is 410 g/mol. The highest BCUT2D eigenvalue weighted by molar-refractivity contribution is 9.10. The molecular formula is C16H15BrN2O2S2. The Labute approximate surface area is 153 Å². The Bertz CT molecular complexity index is 760. The number of likely N-dealkylation sites (N-methyl/N-ethyl adjacent to an activating group) is 1. The van der Waals surface area contributed by atoms with Crippen LogP contribution in [0.1, 0.15) is 25.8 Å². The van der Waals surface area contributed by atoms with Gasteiger partial charge in [0.05, 0.1) is 16.2 Å². The number of thioether (sulfide) groups is 1. The second-order valence-corrected chi connectivity index (χ2v) is 7.80. The van der Waals surface area contributed by atoms with E-state index in [1.54, 1.807) is 4.90 Å². The molecule has 0 atom stereocenters. The quantitative estimate of drug-likeness (QED) is 0.561. The van der Waals surface area contributed by atoms with E-state index in [2.05, 4.69) is 15.9 Å². The Balaban J connectivity index is 2.19. The highest BCUT2D eigenvalue weighted by atomic mass is 79.9. The number of benzene rings is 1. The van der Waals surface area contributed by atoms with Crippen LogP contribution in [0.4, 0.5) is 5.69 Å². The maximum Gasteiger partial charge on any atom is 0.266 e. The molecule has 0 unspecified atom stereocenters. The van der Waals surface area contributed by atoms with Crippen molar-refractivity contribution in [3.05, 3.63) is 33.1 Å². The first kappa shape index (κ1) is 16.7. The fourth-order valence-corrected chi connectivity index (χ4v) is 4.61. The molecule has 120 valence electrons. The van der Waals surface area contributed by atoms with Crippen LogP contribution in [0.5, 0.6) is 0 Å². The summed E-state index contributed by atoms with van der Waals surface area (Å²) in [6, 6.07) is 5.73. The zero-order valence-electron chi connectivity index (χ0n) is 12.8. The van der Waals surface area contributed by atoms with Gasteiger partial charge in [-0.05, 0) is 31.5 Å². The molecule has 7 heteroatoms. The van der Waals surface area contributed by atoms with E-state index in [0.29, 0.717) is 27.9 Å². The highest BCUT2D eigenvalue weighted by Gasteiger charge is 2.41. The summed E-state index contributed by atoms with van der Waals surface area (Å²) in [6.07, 6.45) is 0.852. The second kappa shape index (κ2) is 6.37. The third-order valence-electron chi connectivity index (χ3n) is 3.82. The number of thiocarbonyl (C=S) groups is 1. The molecule has 0 radical (unpaired) electrons. The van der Waals surface area contributed by atoms with Crippen LogP contribution in [0.3, 0.4) is 0 Å². The van der Waals surface area contributed by atoms with Crippen molar-refractivity contribution in [1.82, 2.24) is 4.90 Å². The lowest BCUT2D eigenvalue weighted by Crippen LogP contribution is -2.29. The number of nitrogens with zero attached hydrogens (tertiary/aromatic N) is 2. The van der Waals surface area contributed by atoms with E-state index < -0.39 is 0 Å². The number of carbonyl (C=O) groups is 2. The van der Waals surface area contributed by atoms with E-state index in [1.165, 1.54) is 16.7 Å². The maximum absolute atomic E-state index is 12.9. The minimum Gasteiger partial charge on any atom is -0.308 e. The number of anilines is 1. The van der Waals surface area contributed by atoms with E-state index in [9.17, 15) is 9.59 Å². The number of hydrogen-bond donors (Lipinski definition) is 0. The van der Waals surface area contributed by atoms with Crippen molar-refractivity contribution in [3.63, 3.8) is 0 Å². The minimum absolute atomic E-state index is 0.114. The van der Waals surface area contributed by atoms with Crippen molar-refractivity contribution in [1.29, 1.82) is 0 Å². The molecule has 0 spiro atoms. The highest BCUT2D eigenvalue weighted by Crippen LogP contribution is 2.45. The number of amides is 2. The lowest BCUT2D eigenvalue weighted by atomic mass is 10.1. The van der Waals surface area contributed by atoms with Gasteiger partial charge in [0.25, 0.3) is 11.8 Å². The van der Waals surface area contributed by atoms with Gasteiger partial charge in [0.1, 0.15) is 4.32 Å². The van der Waals surface area contributed by atoms with E-state index in [1.807, 2.05) is 32.0 Å². The van der Waals surface area contributed by atoms with Gasteiger partial charge in [-0.3, -0.25) is 14.5 Å². The summed E-state index contributed by atoms with van der Waals surface area (Å²) in [6.45, 7) is 5.05. The lowest BCUT2D eigenvalue weighted by Gasteiger charge is -2.15. The van der Waals surface area contributed by atoms with Crippen LogP contribution < -0.4 is 4.90 Å². The van der Waals surface area contributed by atoms with Crippen LogP contribution >= 0.6 is 39.9 Å². The molecule has 2 aliphatic rings. The van der Waals surface area contributed by atoms with Crippen molar-refractivity contribution in [2.24, 2.45) is 0 Å². The molecule has 0 aliphatic carbocycles. The number of halogens is 1. The van der Waals surface area contributed by atoms with Crippen molar-refractivity contribution < 1.29 is 9.59 Å². The van der Waals surface area contributed by atoms with Gasteiger partial charge < -0.3 is 4.90 Å². The zero-order chi connectivity index (χ0) is 16.7. The van der Waals surface area contributed by atoms with Gasteiger partial charge >= 0.3 is 0 Å². The Morgan fingerprint density at radius 2 is 1.91 bits per heavy atom. The molecule has 1 aromatic rings. The first-order chi connectivity index (χ1) is 11.0. The lowest BCUT2D eigenvalue weighted by molar-refractivity contribution is -0.122. The maximum atomic E-state index is 12.9. The third-order valence-corrected chi connectivity index (χ3v) is 5.76. The standard InChI is InChI=1S/C16H15BrN2O2S2/c1-3-7-19-11-6-5-9(17)8-10(11)12(14(19)20)13-15(21)18(4-2)16(22)23-13/h5-6,8H,3-4,7H2,1-2H3/b13-12-. The predicted octanol–water partition coefficient (Wildman–Crippen LogP) is 3.80. The SMILES string of the molecule is CCCN1C(=O)/C(=C2\SC(=S)N(CC)C2=O)c2cc(Br)ccc21. The van der Waals surface area contributed by atoms with Gasteiger partial charge in [0.2, 0.25) is 0 Å². The molecule has 3 rings (SSSR count). The Hall–Kier alpha value is -1.18. The second-order valence-electron chi connectivity index (χ2n) is 5.24. The van der Waals surface area contributed by atoms with Gasteiger partial charge in [0.15, 0.2) is 0 Å². The van der Waals surface area contributed by atoms with Gasteiger partial charge in [-0.15, -0.1) is 0 Å². The topological polar surface area (TPSA) is 40.6 Å². The molecule has 4 nitrogen and oxygen atoms in total. The Kier molecular flexibility index (Phi) is 4.62. The van der Waals surface area contributed by atoms with Gasteiger partial charge in [-0.1, -0.05) is 46.8 Å². The Morgan fingerprint density at radius 3 is 2.52 bits per heavy atom. The number of fused-ring (bicyclic) bond motifs is 1. The largest absolute Gasteiger partial charge is 0.308 e. The molecule has 0 saturated carbocycles. The van der Waals surface area contributed by atoms with Gasteiger partial charge in [0, 0.05) is 23.1 Å². The van der Waals surface area contributed by atoms with Crippen LogP contribution in [0, 0.1) is 0 Å². The minimum atomic E-state index is -0.171. The molecule has 2 amide bonds. The molecule has 23 heavy (non-hydrogen) atoms. The summed E-state index contributed by atoms with van der Waals surface area (Å²) in [5.74, 6) is -0.285. The zero-order valence-corrected chi connectivity index (χ0v) is 16.0.